The van der Waals surface area contributed by atoms with E-state index < -0.39 is 11.9 Å². The zero-order chi connectivity index (χ0) is 22.8. The molecule has 2 amide bonds. The molecule has 0 unspecified atom stereocenters. The third kappa shape index (κ3) is 4.22. The lowest BCUT2D eigenvalue weighted by Crippen LogP contribution is -2.49. The van der Waals surface area contributed by atoms with E-state index in [4.69, 9.17) is 9.26 Å². The molecule has 166 valence electrons. The van der Waals surface area contributed by atoms with E-state index in [2.05, 4.69) is 25.9 Å². The second kappa shape index (κ2) is 8.65. The number of carbonyl (C=O) groups is 2. The maximum Gasteiger partial charge on any atom is 0.274 e. The van der Waals surface area contributed by atoms with Gasteiger partial charge in [-0.1, -0.05) is 35.5 Å². The molecule has 0 bridgehead atoms. The second-order valence-corrected chi connectivity index (χ2v) is 7.69. The van der Waals surface area contributed by atoms with Crippen molar-refractivity contribution in [2.75, 3.05) is 25.1 Å². The zero-order valence-electron chi connectivity index (χ0n) is 17.8. The summed E-state index contributed by atoms with van der Waals surface area (Å²) in [6, 6.07) is 15.8. The van der Waals surface area contributed by atoms with Gasteiger partial charge in [-0.25, -0.2) is 0 Å². The van der Waals surface area contributed by atoms with Crippen molar-refractivity contribution >= 4 is 23.2 Å². The number of hydrogen-bond donors (Lipinski definition) is 1. The maximum absolute atomic E-state index is 13.1. The van der Waals surface area contributed by atoms with Crippen molar-refractivity contribution in [1.82, 2.24) is 10.5 Å². The largest absolute Gasteiger partial charge is 0.489 e. The monoisotopic (exact) mass is 444 g/mol. The number of likely N-dealkylation sites (N-methyl/N-ethyl adjacent to an activating group) is 1. The van der Waals surface area contributed by atoms with E-state index >= 15 is 0 Å². The smallest absolute Gasteiger partial charge is 0.274 e. The summed E-state index contributed by atoms with van der Waals surface area (Å²) in [6.45, 7) is 0.377. The third-order valence-corrected chi connectivity index (χ3v) is 5.45. The Bertz CT molecular complexity index is 1270. The Kier molecular flexibility index (Phi) is 5.39. The number of nitrogens with zero attached hydrogens (tertiary/aromatic N) is 5. The van der Waals surface area contributed by atoms with Crippen molar-refractivity contribution in [3.05, 3.63) is 77.2 Å². The van der Waals surface area contributed by atoms with E-state index in [0.717, 1.165) is 11.1 Å². The van der Waals surface area contributed by atoms with Gasteiger partial charge in [-0.05, 0) is 29.0 Å². The summed E-state index contributed by atoms with van der Waals surface area (Å²) >= 11 is 0. The summed E-state index contributed by atoms with van der Waals surface area (Å²) in [6.07, 6.45) is 0.513. The predicted molar refractivity (Wildman–Crippen MR) is 119 cm³/mol. The molecule has 1 N–H and O–H groups in total. The lowest BCUT2D eigenvalue weighted by Gasteiger charge is -2.20. The summed E-state index contributed by atoms with van der Waals surface area (Å²) in [7, 11) is 1.64. The predicted octanol–water partition coefficient (Wildman–Crippen LogP) is 2.59. The van der Waals surface area contributed by atoms with E-state index in [1.807, 2.05) is 36.4 Å². The molecule has 5 rings (SSSR count). The first kappa shape index (κ1) is 20.6. The molecule has 0 saturated heterocycles. The Morgan fingerprint density at radius 2 is 2.03 bits per heavy atom. The number of nitrogens with one attached hydrogen (secondary N) is 1. The number of anilines is 1. The maximum atomic E-state index is 13.1. The van der Waals surface area contributed by atoms with Crippen LogP contribution in [0.25, 0.3) is 0 Å². The van der Waals surface area contributed by atoms with Gasteiger partial charge in [-0.3, -0.25) is 9.59 Å². The Labute approximate surface area is 188 Å². The Balaban J connectivity index is 1.28. The zero-order valence-corrected chi connectivity index (χ0v) is 17.8. The van der Waals surface area contributed by atoms with Crippen LogP contribution in [-0.2, 0) is 11.2 Å². The molecule has 10 nitrogen and oxygen atoms in total. The average Bonchev–Trinajstić information content (AvgIpc) is 3.52. The van der Waals surface area contributed by atoms with Gasteiger partial charge in [0.15, 0.2) is 5.69 Å². The SMILES string of the molecule is CN1C(=O)[C@@H](NC(=O)c2cc(Cc3ccccc3)on2)COc2ccc(C3=NN=NC3)cc21. The van der Waals surface area contributed by atoms with Crippen LogP contribution in [0.15, 0.2) is 74.6 Å². The molecule has 33 heavy (non-hydrogen) atoms. The standard InChI is InChI=1S/C23H20N6O4/c1-29-20-10-15(18-12-24-28-26-18)7-8-21(20)32-13-19(23(29)31)25-22(30)17-11-16(33-27-17)9-14-5-3-2-4-6-14/h2-8,10-11,19H,9,12-13H2,1H3,(H,25,30)/t19-/m0/s1. The van der Waals surface area contributed by atoms with Gasteiger partial charge in [0.1, 0.15) is 30.7 Å². The average molecular weight is 444 g/mol. The lowest BCUT2D eigenvalue weighted by molar-refractivity contribution is -0.120. The van der Waals surface area contributed by atoms with E-state index in [-0.39, 0.29) is 18.2 Å². The topological polar surface area (TPSA) is 122 Å². The first-order chi connectivity index (χ1) is 16.1. The van der Waals surface area contributed by atoms with Crippen molar-refractivity contribution in [3.8, 4) is 5.75 Å². The highest BCUT2D eigenvalue weighted by atomic mass is 16.5. The van der Waals surface area contributed by atoms with Crippen LogP contribution < -0.4 is 15.0 Å². The molecule has 10 heteroatoms. The van der Waals surface area contributed by atoms with E-state index in [1.54, 1.807) is 25.2 Å². The first-order valence-electron chi connectivity index (χ1n) is 10.4. The first-order valence-corrected chi connectivity index (χ1v) is 10.4. The highest BCUT2D eigenvalue weighted by molar-refractivity contribution is 6.06. The van der Waals surface area contributed by atoms with Crippen LogP contribution in [0, 0.1) is 0 Å². The summed E-state index contributed by atoms with van der Waals surface area (Å²) < 4.78 is 11.1. The Morgan fingerprint density at radius 3 is 2.82 bits per heavy atom. The number of rotatable bonds is 5. The molecule has 0 fully saturated rings. The minimum absolute atomic E-state index is 0.0123. The molecule has 0 spiro atoms. The molecular formula is C23H20N6O4. The Hall–Kier alpha value is -4.34. The van der Waals surface area contributed by atoms with Gasteiger partial charge in [0.05, 0.1) is 11.4 Å². The number of benzene rings is 2. The molecule has 2 aromatic carbocycles. The number of ether oxygens (including phenoxy) is 1. The van der Waals surface area contributed by atoms with E-state index in [1.165, 1.54) is 4.90 Å². The molecule has 2 aliphatic heterocycles. The van der Waals surface area contributed by atoms with E-state index in [0.29, 0.717) is 35.9 Å². The van der Waals surface area contributed by atoms with Crippen LogP contribution >= 0.6 is 0 Å². The van der Waals surface area contributed by atoms with Crippen molar-refractivity contribution in [3.63, 3.8) is 0 Å². The summed E-state index contributed by atoms with van der Waals surface area (Å²) in [5.41, 5.74) is 3.24. The molecular weight excluding hydrogens is 424 g/mol. The van der Waals surface area contributed by atoms with Crippen molar-refractivity contribution in [1.29, 1.82) is 0 Å². The van der Waals surface area contributed by atoms with Crippen LogP contribution in [0.3, 0.4) is 0 Å². The fourth-order valence-electron chi connectivity index (χ4n) is 3.68. The summed E-state index contributed by atoms with van der Waals surface area (Å²) in [5.74, 6) is 0.268. The highest BCUT2D eigenvalue weighted by Gasteiger charge is 2.32. The van der Waals surface area contributed by atoms with Gasteiger partial charge >= 0.3 is 0 Å². The second-order valence-electron chi connectivity index (χ2n) is 7.69. The minimum Gasteiger partial charge on any atom is -0.489 e. The van der Waals surface area contributed by atoms with Crippen LogP contribution in [0.4, 0.5) is 5.69 Å². The van der Waals surface area contributed by atoms with Gasteiger partial charge in [-0.2, -0.15) is 5.11 Å². The normalized spacial score (nSPS) is 17.2. The summed E-state index contributed by atoms with van der Waals surface area (Å²) in [4.78, 5) is 27.3. The number of amides is 2. The van der Waals surface area contributed by atoms with Gasteiger partial charge < -0.3 is 19.5 Å². The number of carbonyl (C=O) groups excluding carboxylic acids is 2. The van der Waals surface area contributed by atoms with Gasteiger partial charge in [-0.15, -0.1) is 5.10 Å². The molecule has 0 saturated carbocycles. The van der Waals surface area contributed by atoms with Crippen LogP contribution in [0.5, 0.6) is 5.75 Å². The summed E-state index contributed by atoms with van der Waals surface area (Å²) in [5, 5.41) is 18.1. The molecule has 0 radical (unpaired) electrons. The van der Waals surface area contributed by atoms with E-state index in [9.17, 15) is 9.59 Å². The van der Waals surface area contributed by atoms with Gasteiger partial charge in [0.25, 0.3) is 11.8 Å². The van der Waals surface area contributed by atoms with Crippen molar-refractivity contribution in [2.24, 2.45) is 15.4 Å². The molecule has 1 aromatic heterocycles. The quantitative estimate of drug-likeness (QED) is 0.648. The third-order valence-electron chi connectivity index (χ3n) is 5.45. The Morgan fingerprint density at radius 1 is 1.18 bits per heavy atom. The minimum atomic E-state index is -0.888. The fraction of sp³-hybridized carbons (Fsp3) is 0.217. The van der Waals surface area contributed by atoms with Crippen molar-refractivity contribution in [2.45, 2.75) is 12.5 Å². The van der Waals surface area contributed by atoms with Crippen LogP contribution in [0.2, 0.25) is 0 Å². The van der Waals surface area contributed by atoms with Crippen molar-refractivity contribution < 1.29 is 18.8 Å². The highest BCUT2D eigenvalue weighted by Crippen LogP contribution is 2.32. The number of hydrogen-bond acceptors (Lipinski definition) is 8. The van der Waals surface area contributed by atoms with Crippen LogP contribution in [0.1, 0.15) is 27.4 Å². The molecule has 3 heterocycles. The van der Waals surface area contributed by atoms with Crippen LogP contribution in [-0.4, -0.2) is 48.9 Å². The molecule has 1 atom stereocenters. The molecule has 2 aliphatic rings. The van der Waals surface area contributed by atoms with Gasteiger partial charge in [0, 0.05) is 25.1 Å². The van der Waals surface area contributed by atoms with Gasteiger partial charge in [0.2, 0.25) is 0 Å². The molecule has 3 aromatic rings. The number of aromatic nitrogens is 1. The lowest BCUT2D eigenvalue weighted by atomic mass is 10.1. The molecule has 0 aliphatic carbocycles. The number of fused-ring (bicyclic) bond motifs is 1. The fourth-order valence-corrected chi connectivity index (χ4v) is 3.68.